The highest BCUT2D eigenvalue weighted by Crippen LogP contribution is 2.31. The van der Waals surface area contributed by atoms with Gasteiger partial charge in [-0.15, -0.1) is 0 Å². The zero-order valence-electron chi connectivity index (χ0n) is 15.5. The number of pyridine rings is 1. The number of para-hydroxylation sites is 1. The Morgan fingerprint density at radius 3 is 2.64 bits per heavy atom. The van der Waals surface area contributed by atoms with Gasteiger partial charge in [-0.3, -0.25) is 9.78 Å². The number of ether oxygens (including phenoxy) is 1. The Morgan fingerprint density at radius 2 is 1.89 bits per heavy atom. The van der Waals surface area contributed by atoms with Crippen molar-refractivity contribution in [3.63, 3.8) is 0 Å². The van der Waals surface area contributed by atoms with Gasteiger partial charge in [0.2, 0.25) is 0 Å². The van der Waals surface area contributed by atoms with Gasteiger partial charge in [-0.1, -0.05) is 30.3 Å². The molecule has 6 heteroatoms. The van der Waals surface area contributed by atoms with Gasteiger partial charge in [0, 0.05) is 24.7 Å². The fourth-order valence-corrected chi connectivity index (χ4v) is 3.77. The Balaban J connectivity index is 1.61. The fourth-order valence-electron chi connectivity index (χ4n) is 3.77. The molecule has 4 nitrogen and oxygen atoms in total. The lowest BCUT2D eigenvalue weighted by Gasteiger charge is -2.20. The highest BCUT2D eigenvalue weighted by molar-refractivity contribution is 6.07. The maximum Gasteiger partial charge on any atom is 0.387 e. The van der Waals surface area contributed by atoms with Crippen LogP contribution in [-0.2, 0) is 19.4 Å². The third-order valence-corrected chi connectivity index (χ3v) is 5.05. The Labute approximate surface area is 161 Å². The molecular formula is C22H20F2N2O2. The number of alkyl halides is 2. The molecule has 0 saturated heterocycles. The molecule has 0 fully saturated rings. The van der Waals surface area contributed by atoms with E-state index in [9.17, 15) is 13.6 Å². The number of benzene rings is 2. The number of halogens is 2. The monoisotopic (exact) mass is 382 g/mol. The van der Waals surface area contributed by atoms with Crippen LogP contribution in [0.5, 0.6) is 5.75 Å². The molecule has 0 atom stereocenters. The maximum absolute atomic E-state index is 13.3. The van der Waals surface area contributed by atoms with Crippen molar-refractivity contribution in [2.75, 3.05) is 7.05 Å². The van der Waals surface area contributed by atoms with E-state index in [0.717, 1.165) is 52.5 Å². The van der Waals surface area contributed by atoms with Crippen molar-refractivity contribution in [3.8, 4) is 5.75 Å². The Bertz CT molecular complexity index is 1020. The van der Waals surface area contributed by atoms with Gasteiger partial charge >= 0.3 is 6.61 Å². The molecule has 1 aliphatic carbocycles. The average Bonchev–Trinajstić information content (AvgIpc) is 3.14. The third-order valence-electron chi connectivity index (χ3n) is 5.05. The van der Waals surface area contributed by atoms with Crippen LogP contribution < -0.4 is 4.74 Å². The highest BCUT2D eigenvalue weighted by atomic mass is 19.3. The first-order valence-corrected chi connectivity index (χ1v) is 9.22. The van der Waals surface area contributed by atoms with Crippen LogP contribution in [0.3, 0.4) is 0 Å². The summed E-state index contributed by atoms with van der Waals surface area (Å²) in [5.74, 6) is 0.0512. The predicted molar refractivity (Wildman–Crippen MR) is 103 cm³/mol. The minimum absolute atomic E-state index is 0.0512. The van der Waals surface area contributed by atoms with Gasteiger partial charge in [0.1, 0.15) is 5.75 Å². The quantitative estimate of drug-likeness (QED) is 0.648. The minimum Gasteiger partial charge on any atom is -0.435 e. The summed E-state index contributed by atoms with van der Waals surface area (Å²) in [6, 6.07) is 14.1. The van der Waals surface area contributed by atoms with E-state index in [1.165, 1.54) is 12.1 Å². The van der Waals surface area contributed by atoms with Crippen LogP contribution in [0.1, 0.15) is 33.6 Å². The van der Waals surface area contributed by atoms with E-state index in [4.69, 9.17) is 4.98 Å². The molecule has 1 amide bonds. The van der Waals surface area contributed by atoms with Crippen LogP contribution in [0, 0.1) is 0 Å². The second kappa shape index (κ2) is 7.54. The maximum atomic E-state index is 13.3. The highest BCUT2D eigenvalue weighted by Gasteiger charge is 2.25. The van der Waals surface area contributed by atoms with Crippen molar-refractivity contribution in [2.45, 2.75) is 32.4 Å². The number of aromatic nitrogens is 1. The molecule has 144 valence electrons. The van der Waals surface area contributed by atoms with Crippen molar-refractivity contribution in [1.82, 2.24) is 9.88 Å². The van der Waals surface area contributed by atoms with Crippen molar-refractivity contribution < 1.29 is 18.3 Å². The smallest absolute Gasteiger partial charge is 0.387 e. The van der Waals surface area contributed by atoms with E-state index in [-0.39, 0.29) is 11.7 Å². The second-order valence-corrected chi connectivity index (χ2v) is 6.97. The Kier molecular flexibility index (Phi) is 4.94. The van der Waals surface area contributed by atoms with Gasteiger partial charge < -0.3 is 9.64 Å². The van der Waals surface area contributed by atoms with E-state index in [0.29, 0.717) is 6.54 Å². The second-order valence-electron chi connectivity index (χ2n) is 6.97. The van der Waals surface area contributed by atoms with Crippen LogP contribution in [0.4, 0.5) is 8.78 Å². The number of hydrogen-bond acceptors (Lipinski definition) is 3. The summed E-state index contributed by atoms with van der Waals surface area (Å²) in [4.78, 5) is 19.7. The molecule has 4 rings (SSSR count). The molecule has 0 unspecified atom stereocenters. The average molecular weight is 382 g/mol. The number of hydrogen-bond donors (Lipinski definition) is 0. The van der Waals surface area contributed by atoms with Crippen LogP contribution in [0.2, 0.25) is 0 Å². The van der Waals surface area contributed by atoms with Gasteiger partial charge in [0.05, 0.1) is 11.1 Å². The number of amides is 1. The summed E-state index contributed by atoms with van der Waals surface area (Å²) in [7, 11) is 1.75. The fraction of sp³-hybridized carbons (Fsp3) is 0.273. The minimum atomic E-state index is -2.85. The topological polar surface area (TPSA) is 42.4 Å². The largest absolute Gasteiger partial charge is 0.435 e. The first kappa shape index (κ1) is 18.3. The molecule has 0 N–H and O–H groups in total. The van der Waals surface area contributed by atoms with Crippen LogP contribution >= 0.6 is 0 Å². The molecule has 28 heavy (non-hydrogen) atoms. The molecule has 1 aromatic heterocycles. The summed E-state index contributed by atoms with van der Waals surface area (Å²) >= 11 is 0. The van der Waals surface area contributed by atoms with Crippen molar-refractivity contribution in [2.24, 2.45) is 0 Å². The molecule has 0 bridgehead atoms. The number of carbonyl (C=O) groups excluding carboxylic acids is 1. The number of carbonyl (C=O) groups is 1. The predicted octanol–water partition coefficient (Wildman–Crippen LogP) is 4.60. The summed E-state index contributed by atoms with van der Waals surface area (Å²) in [6.45, 7) is -2.48. The summed E-state index contributed by atoms with van der Waals surface area (Å²) < 4.78 is 28.9. The van der Waals surface area contributed by atoms with E-state index in [2.05, 4.69) is 4.74 Å². The first-order valence-electron chi connectivity index (χ1n) is 9.22. The lowest BCUT2D eigenvalue weighted by atomic mass is 10.00. The molecule has 1 heterocycles. The van der Waals surface area contributed by atoms with Gasteiger partial charge in [0.15, 0.2) is 0 Å². The van der Waals surface area contributed by atoms with Gasteiger partial charge in [0.25, 0.3) is 5.91 Å². The summed E-state index contributed by atoms with van der Waals surface area (Å²) in [5, 5.41) is 0.876. The molecule has 2 aromatic carbocycles. The van der Waals surface area contributed by atoms with E-state index in [1.807, 2.05) is 24.3 Å². The molecular weight excluding hydrogens is 362 g/mol. The lowest BCUT2D eigenvalue weighted by Crippen LogP contribution is -2.27. The van der Waals surface area contributed by atoms with Gasteiger partial charge in [-0.05, 0) is 48.6 Å². The standard InChI is InChI=1S/C22H20F2N2O2/c1-26(13-14-9-11-15(12-10-14)28-22(23)24)21(27)20-16-5-2-3-7-18(16)25-19-8-4-6-17(19)20/h2-3,5,7,9-12,22H,4,6,8,13H2,1H3. The van der Waals surface area contributed by atoms with Crippen molar-refractivity contribution >= 4 is 16.8 Å². The van der Waals surface area contributed by atoms with Crippen LogP contribution in [0.25, 0.3) is 10.9 Å². The molecule has 0 saturated carbocycles. The van der Waals surface area contributed by atoms with E-state index < -0.39 is 6.61 Å². The van der Waals surface area contributed by atoms with Crippen LogP contribution in [0.15, 0.2) is 48.5 Å². The zero-order chi connectivity index (χ0) is 19.7. The van der Waals surface area contributed by atoms with Crippen LogP contribution in [-0.4, -0.2) is 29.5 Å². The molecule has 1 aliphatic rings. The number of nitrogens with zero attached hydrogens (tertiary/aromatic N) is 2. The van der Waals surface area contributed by atoms with E-state index >= 15 is 0 Å². The third kappa shape index (κ3) is 3.54. The van der Waals surface area contributed by atoms with Crippen molar-refractivity contribution in [1.29, 1.82) is 0 Å². The van der Waals surface area contributed by atoms with Gasteiger partial charge in [-0.25, -0.2) is 0 Å². The molecule has 3 aromatic rings. The summed E-state index contributed by atoms with van der Waals surface area (Å²) in [5.41, 5.74) is 4.49. The SMILES string of the molecule is CN(Cc1ccc(OC(F)F)cc1)C(=O)c1c2c(nc3ccccc13)CCC2. The number of aryl methyl sites for hydroxylation is 1. The Hall–Kier alpha value is -3.02. The number of fused-ring (bicyclic) bond motifs is 2. The van der Waals surface area contributed by atoms with Gasteiger partial charge in [-0.2, -0.15) is 8.78 Å². The molecule has 0 radical (unpaired) electrons. The Morgan fingerprint density at radius 1 is 1.14 bits per heavy atom. The lowest BCUT2D eigenvalue weighted by molar-refractivity contribution is -0.0498. The first-order chi connectivity index (χ1) is 13.5. The normalized spacial score (nSPS) is 13.0. The zero-order valence-corrected chi connectivity index (χ0v) is 15.5. The van der Waals surface area contributed by atoms with Crippen molar-refractivity contribution in [3.05, 3.63) is 70.9 Å². The summed E-state index contributed by atoms with van der Waals surface area (Å²) in [6.07, 6.45) is 2.77. The number of rotatable bonds is 5. The molecule has 0 spiro atoms. The van der Waals surface area contributed by atoms with E-state index in [1.54, 1.807) is 24.1 Å². The molecule has 0 aliphatic heterocycles.